The molecule has 1 saturated heterocycles. The summed E-state index contributed by atoms with van der Waals surface area (Å²) in [7, 11) is 0. The summed E-state index contributed by atoms with van der Waals surface area (Å²) in [6.45, 7) is 4.81. The van der Waals surface area contributed by atoms with Crippen molar-refractivity contribution in [1.82, 2.24) is 9.88 Å². The second-order valence-electron chi connectivity index (χ2n) is 6.16. The Bertz CT molecular complexity index is 801. The van der Waals surface area contributed by atoms with E-state index in [9.17, 15) is 9.59 Å². The first-order valence-electron chi connectivity index (χ1n) is 8.06. The van der Waals surface area contributed by atoms with Crippen molar-refractivity contribution < 1.29 is 14.7 Å². The highest BCUT2D eigenvalue weighted by Crippen LogP contribution is 2.35. The number of benzene rings is 1. The Kier molecular flexibility index (Phi) is 4.34. The van der Waals surface area contributed by atoms with Crippen molar-refractivity contribution in [2.45, 2.75) is 32.7 Å². The zero-order chi connectivity index (χ0) is 17.3. The molecule has 0 radical (unpaired) electrons. The minimum atomic E-state index is -1.13. The maximum absolute atomic E-state index is 12.9. The van der Waals surface area contributed by atoms with Crippen LogP contribution in [0.25, 0.3) is 0 Å². The zero-order valence-corrected chi connectivity index (χ0v) is 13.8. The number of likely N-dealkylation sites (tertiary alicyclic amines) is 1. The van der Waals surface area contributed by atoms with E-state index in [1.54, 1.807) is 12.1 Å². The van der Waals surface area contributed by atoms with Gasteiger partial charge in [0.2, 0.25) is 0 Å². The molecule has 0 saturated carbocycles. The Morgan fingerprint density at radius 3 is 2.58 bits per heavy atom. The Hall–Kier alpha value is -2.69. The van der Waals surface area contributed by atoms with Crippen LogP contribution in [-0.2, 0) is 0 Å². The number of aryl methyl sites for hydroxylation is 1. The number of carbonyl (C=O) groups is 2. The SMILES string of the molecule is Cc1cccc(C2CCCN2C(=O)c2cccc(C(=O)O)n2)c1C. The summed E-state index contributed by atoms with van der Waals surface area (Å²) in [6.07, 6.45) is 1.84. The normalized spacial score (nSPS) is 17.1. The predicted octanol–water partition coefficient (Wildman–Crippen LogP) is 3.37. The van der Waals surface area contributed by atoms with Gasteiger partial charge in [-0.3, -0.25) is 4.79 Å². The van der Waals surface area contributed by atoms with E-state index in [1.807, 2.05) is 11.0 Å². The third kappa shape index (κ3) is 2.89. The number of amides is 1. The zero-order valence-electron chi connectivity index (χ0n) is 13.8. The topological polar surface area (TPSA) is 70.5 Å². The van der Waals surface area contributed by atoms with E-state index in [0.29, 0.717) is 6.54 Å². The Labute approximate surface area is 140 Å². The largest absolute Gasteiger partial charge is 0.477 e. The number of hydrogen-bond acceptors (Lipinski definition) is 3. The predicted molar refractivity (Wildman–Crippen MR) is 90.1 cm³/mol. The van der Waals surface area contributed by atoms with Crippen LogP contribution in [0.15, 0.2) is 36.4 Å². The van der Waals surface area contributed by atoms with E-state index in [4.69, 9.17) is 5.11 Å². The molecule has 0 bridgehead atoms. The van der Waals surface area contributed by atoms with Crippen molar-refractivity contribution >= 4 is 11.9 Å². The minimum absolute atomic E-state index is 0.0210. The average Bonchev–Trinajstić information content (AvgIpc) is 3.06. The van der Waals surface area contributed by atoms with E-state index in [2.05, 4.69) is 31.0 Å². The van der Waals surface area contributed by atoms with Gasteiger partial charge in [-0.05, 0) is 55.5 Å². The van der Waals surface area contributed by atoms with Crippen molar-refractivity contribution in [2.75, 3.05) is 6.54 Å². The quantitative estimate of drug-likeness (QED) is 0.939. The van der Waals surface area contributed by atoms with E-state index < -0.39 is 5.97 Å². The first kappa shape index (κ1) is 16.2. The van der Waals surface area contributed by atoms with Crippen LogP contribution in [0, 0.1) is 13.8 Å². The first-order valence-corrected chi connectivity index (χ1v) is 8.06. The smallest absolute Gasteiger partial charge is 0.354 e. The molecule has 1 amide bonds. The van der Waals surface area contributed by atoms with Gasteiger partial charge < -0.3 is 10.0 Å². The van der Waals surface area contributed by atoms with Gasteiger partial charge in [0, 0.05) is 6.54 Å². The van der Waals surface area contributed by atoms with Gasteiger partial charge in [-0.1, -0.05) is 24.3 Å². The molecule has 1 fully saturated rings. The number of carbonyl (C=O) groups excluding carboxylic acids is 1. The number of carboxylic acid groups (broad SMARTS) is 1. The first-order chi connectivity index (χ1) is 11.5. The van der Waals surface area contributed by atoms with Gasteiger partial charge in [-0.2, -0.15) is 0 Å². The van der Waals surface area contributed by atoms with Crippen LogP contribution in [-0.4, -0.2) is 33.4 Å². The molecule has 1 aromatic heterocycles. The second kappa shape index (κ2) is 6.43. The number of pyridine rings is 1. The molecule has 24 heavy (non-hydrogen) atoms. The van der Waals surface area contributed by atoms with Crippen molar-refractivity contribution in [3.63, 3.8) is 0 Å². The van der Waals surface area contributed by atoms with Gasteiger partial charge in [0.1, 0.15) is 11.4 Å². The van der Waals surface area contributed by atoms with Crippen molar-refractivity contribution in [1.29, 1.82) is 0 Å². The van der Waals surface area contributed by atoms with Crippen LogP contribution in [0.2, 0.25) is 0 Å². The summed E-state index contributed by atoms with van der Waals surface area (Å²) in [5, 5.41) is 9.07. The van der Waals surface area contributed by atoms with E-state index >= 15 is 0 Å². The van der Waals surface area contributed by atoms with Gasteiger partial charge >= 0.3 is 5.97 Å². The number of carboxylic acids is 1. The standard InChI is InChI=1S/C19H20N2O3/c1-12-6-3-7-14(13(12)2)17-10-5-11-21(17)18(22)15-8-4-9-16(20-15)19(23)24/h3-4,6-9,17H,5,10-11H2,1-2H3,(H,23,24). The Balaban J connectivity index is 1.93. The fourth-order valence-corrected chi connectivity index (χ4v) is 3.29. The Morgan fingerprint density at radius 1 is 1.12 bits per heavy atom. The molecule has 1 aliphatic rings. The van der Waals surface area contributed by atoms with Gasteiger partial charge in [0.15, 0.2) is 0 Å². The number of aromatic carboxylic acids is 1. The van der Waals surface area contributed by atoms with Crippen LogP contribution in [0.1, 0.15) is 56.6 Å². The monoisotopic (exact) mass is 324 g/mol. The number of nitrogens with zero attached hydrogens (tertiary/aromatic N) is 2. The Morgan fingerprint density at radius 2 is 1.83 bits per heavy atom. The van der Waals surface area contributed by atoms with Gasteiger partial charge in [-0.15, -0.1) is 0 Å². The highest BCUT2D eigenvalue weighted by molar-refractivity contribution is 5.94. The van der Waals surface area contributed by atoms with Crippen LogP contribution in [0.4, 0.5) is 0 Å². The molecule has 1 aliphatic heterocycles. The summed E-state index contributed by atoms with van der Waals surface area (Å²) in [5.74, 6) is -1.33. The van der Waals surface area contributed by atoms with Gasteiger partial charge in [0.25, 0.3) is 5.91 Å². The van der Waals surface area contributed by atoms with Gasteiger partial charge in [0.05, 0.1) is 6.04 Å². The summed E-state index contributed by atoms with van der Waals surface area (Å²) in [5.41, 5.74) is 3.65. The van der Waals surface area contributed by atoms with Crippen molar-refractivity contribution in [3.05, 3.63) is 64.5 Å². The summed E-state index contributed by atoms with van der Waals surface area (Å²) in [4.78, 5) is 29.8. The second-order valence-corrected chi connectivity index (χ2v) is 6.16. The molecule has 124 valence electrons. The van der Waals surface area contributed by atoms with Gasteiger partial charge in [-0.25, -0.2) is 9.78 Å². The van der Waals surface area contributed by atoms with Crippen LogP contribution < -0.4 is 0 Å². The molecule has 5 nitrogen and oxygen atoms in total. The summed E-state index contributed by atoms with van der Waals surface area (Å²) < 4.78 is 0. The van der Waals surface area contributed by atoms with E-state index in [1.165, 1.54) is 17.2 Å². The highest BCUT2D eigenvalue weighted by atomic mass is 16.4. The van der Waals surface area contributed by atoms with Crippen molar-refractivity contribution in [2.24, 2.45) is 0 Å². The lowest BCUT2D eigenvalue weighted by molar-refractivity contribution is 0.0689. The number of hydrogen-bond donors (Lipinski definition) is 1. The maximum Gasteiger partial charge on any atom is 0.354 e. The molecule has 1 unspecified atom stereocenters. The molecule has 1 N–H and O–H groups in total. The third-order valence-electron chi connectivity index (χ3n) is 4.71. The molecule has 0 spiro atoms. The lowest BCUT2D eigenvalue weighted by atomic mass is 9.96. The molecule has 2 heterocycles. The fraction of sp³-hybridized carbons (Fsp3) is 0.316. The molecule has 1 atom stereocenters. The number of aromatic nitrogens is 1. The average molecular weight is 324 g/mol. The van der Waals surface area contributed by atoms with E-state index in [-0.39, 0.29) is 23.3 Å². The minimum Gasteiger partial charge on any atom is -0.477 e. The van der Waals surface area contributed by atoms with Crippen molar-refractivity contribution in [3.8, 4) is 0 Å². The fourth-order valence-electron chi connectivity index (χ4n) is 3.29. The third-order valence-corrected chi connectivity index (χ3v) is 4.71. The molecular weight excluding hydrogens is 304 g/mol. The molecular formula is C19H20N2O3. The molecule has 3 rings (SSSR count). The maximum atomic E-state index is 12.9. The summed E-state index contributed by atoms with van der Waals surface area (Å²) in [6, 6.07) is 10.7. The molecule has 0 aliphatic carbocycles. The van der Waals surface area contributed by atoms with E-state index in [0.717, 1.165) is 18.4 Å². The lowest BCUT2D eigenvalue weighted by Gasteiger charge is -2.26. The molecule has 2 aromatic rings. The van der Waals surface area contributed by atoms with Crippen LogP contribution >= 0.6 is 0 Å². The molecule has 1 aromatic carbocycles. The van der Waals surface area contributed by atoms with Crippen LogP contribution in [0.3, 0.4) is 0 Å². The van der Waals surface area contributed by atoms with Crippen LogP contribution in [0.5, 0.6) is 0 Å². The highest BCUT2D eigenvalue weighted by Gasteiger charge is 2.32. The lowest BCUT2D eigenvalue weighted by Crippen LogP contribution is -2.31. The molecule has 5 heteroatoms. The number of rotatable bonds is 3. The summed E-state index contributed by atoms with van der Waals surface area (Å²) >= 11 is 0.